The molecule has 0 aromatic rings. The van der Waals surface area contributed by atoms with Gasteiger partial charge in [-0.25, -0.2) is 0 Å². The molecule has 70 valence electrons. The minimum Gasteiger partial charge on any atom is -0.352 e. The zero-order chi connectivity index (χ0) is 8.81. The van der Waals surface area contributed by atoms with Crippen molar-refractivity contribution >= 4 is 5.91 Å². The number of nitrogens with one attached hydrogen (secondary N) is 3. The molecule has 0 unspecified atom stereocenters. The molecule has 1 aliphatic rings. The van der Waals surface area contributed by atoms with Crippen LogP contribution in [0, 0.1) is 0 Å². The summed E-state index contributed by atoms with van der Waals surface area (Å²) in [5.74, 6) is 0.101. The van der Waals surface area contributed by atoms with E-state index >= 15 is 0 Å². The van der Waals surface area contributed by atoms with Gasteiger partial charge in [-0.1, -0.05) is 0 Å². The molecule has 1 aliphatic heterocycles. The average Bonchev–Trinajstić information content (AvgIpc) is 2.06. The van der Waals surface area contributed by atoms with Gasteiger partial charge in [-0.3, -0.25) is 4.79 Å². The van der Waals surface area contributed by atoms with E-state index in [9.17, 15) is 4.79 Å². The highest BCUT2D eigenvalue weighted by Gasteiger charge is 2.14. The first-order valence-electron chi connectivity index (χ1n) is 4.47. The van der Waals surface area contributed by atoms with E-state index in [-0.39, 0.29) is 5.91 Å². The highest BCUT2D eigenvalue weighted by Crippen LogP contribution is 2.00. The third-order valence-corrected chi connectivity index (χ3v) is 2.04. The fourth-order valence-corrected chi connectivity index (χ4v) is 1.41. The Labute approximate surface area is 73.1 Å². The predicted octanol–water partition coefficient (Wildman–Crippen LogP) is -0.926. The van der Waals surface area contributed by atoms with Crippen molar-refractivity contribution in [3.8, 4) is 0 Å². The summed E-state index contributed by atoms with van der Waals surface area (Å²) in [7, 11) is 1.78. The van der Waals surface area contributed by atoms with E-state index in [4.69, 9.17) is 0 Å². The van der Waals surface area contributed by atoms with Crippen LogP contribution in [0.15, 0.2) is 0 Å². The summed E-state index contributed by atoms with van der Waals surface area (Å²) in [6, 6.07) is 0.382. The van der Waals surface area contributed by atoms with E-state index in [1.807, 2.05) is 0 Å². The van der Waals surface area contributed by atoms with Crippen molar-refractivity contribution in [3.05, 3.63) is 0 Å². The fourth-order valence-electron chi connectivity index (χ4n) is 1.41. The van der Waals surface area contributed by atoms with Crippen molar-refractivity contribution in [2.24, 2.45) is 0 Å². The molecular formula is C8H17N3O. The monoisotopic (exact) mass is 171 g/mol. The zero-order valence-corrected chi connectivity index (χ0v) is 7.52. The van der Waals surface area contributed by atoms with Crippen molar-refractivity contribution in [2.75, 3.05) is 26.7 Å². The highest BCUT2D eigenvalue weighted by atomic mass is 16.1. The SMILES string of the molecule is CNCC(=O)NC1CCNCC1. The van der Waals surface area contributed by atoms with Gasteiger partial charge < -0.3 is 16.0 Å². The molecule has 0 spiro atoms. The van der Waals surface area contributed by atoms with Gasteiger partial charge in [0.25, 0.3) is 0 Å². The van der Waals surface area contributed by atoms with E-state index in [0.29, 0.717) is 12.6 Å². The molecule has 1 heterocycles. The Hall–Kier alpha value is -0.610. The molecule has 0 aliphatic carbocycles. The van der Waals surface area contributed by atoms with Crippen LogP contribution in [-0.2, 0) is 4.79 Å². The second kappa shape index (κ2) is 5.11. The number of hydrogen-bond acceptors (Lipinski definition) is 3. The summed E-state index contributed by atoms with van der Waals surface area (Å²) in [6.07, 6.45) is 2.10. The topological polar surface area (TPSA) is 53.2 Å². The fraction of sp³-hybridized carbons (Fsp3) is 0.875. The minimum atomic E-state index is 0.101. The molecule has 4 heteroatoms. The maximum atomic E-state index is 11.1. The molecule has 1 rings (SSSR count). The zero-order valence-electron chi connectivity index (χ0n) is 7.52. The van der Waals surface area contributed by atoms with Crippen molar-refractivity contribution in [1.82, 2.24) is 16.0 Å². The quantitative estimate of drug-likeness (QED) is 0.514. The first-order valence-corrected chi connectivity index (χ1v) is 4.47. The van der Waals surface area contributed by atoms with Gasteiger partial charge >= 0.3 is 0 Å². The lowest BCUT2D eigenvalue weighted by Crippen LogP contribution is -2.45. The molecule has 0 radical (unpaired) electrons. The van der Waals surface area contributed by atoms with Crippen LogP contribution in [0.1, 0.15) is 12.8 Å². The third kappa shape index (κ3) is 3.19. The largest absolute Gasteiger partial charge is 0.352 e. The molecule has 0 atom stereocenters. The number of hydrogen-bond donors (Lipinski definition) is 3. The Kier molecular flexibility index (Phi) is 4.04. The third-order valence-electron chi connectivity index (χ3n) is 2.04. The summed E-state index contributed by atoms with van der Waals surface area (Å²) in [5.41, 5.74) is 0. The summed E-state index contributed by atoms with van der Waals surface area (Å²) in [5, 5.41) is 9.06. The number of likely N-dealkylation sites (N-methyl/N-ethyl adjacent to an activating group) is 1. The first kappa shape index (κ1) is 9.48. The van der Waals surface area contributed by atoms with E-state index in [2.05, 4.69) is 16.0 Å². The minimum absolute atomic E-state index is 0.101. The van der Waals surface area contributed by atoms with Gasteiger partial charge in [-0.2, -0.15) is 0 Å². The predicted molar refractivity (Wildman–Crippen MR) is 48.0 cm³/mol. The average molecular weight is 171 g/mol. The Morgan fingerprint density at radius 2 is 2.17 bits per heavy atom. The lowest BCUT2D eigenvalue weighted by molar-refractivity contribution is -0.121. The molecule has 12 heavy (non-hydrogen) atoms. The van der Waals surface area contributed by atoms with Gasteiger partial charge in [-0.15, -0.1) is 0 Å². The molecule has 0 aromatic heterocycles. The van der Waals surface area contributed by atoms with Crippen LogP contribution in [0.3, 0.4) is 0 Å². The maximum Gasteiger partial charge on any atom is 0.234 e. The summed E-state index contributed by atoms with van der Waals surface area (Å²) in [4.78, 5) is 11.1. The number of piperidine rings is 1. The molecule has 0 saturated carbocycles. The van der Waals surface area contributed by atoms with Crippen molar-refractivity contribution < 1.29 is 4.79 Å². The number of carbonyl (C=O) groups excluding carboxylic acids is 1. The molecule has 4 nitrogen and oxygen atoms in total. The lowest BCUT2D eigenvalue weighted by atomic mass is 10.1. The highest BCUT2D eigenvalue weighted by molar-refractivity contribution is 5.78. The van der Waals surface area contributed by atoms with Crippen LogP contribution >= 0.6 is 0 Å². The van der Waals surface area contributed by atoms with Crippen molar-refractivity contribution in [1.29, 1.82) is 0 Å². The Bertz CT molecular complexity index is 143. The molecule has 1 saturated heterocycles. The summed E-state index contributed by atoms with van der Waals surface area (Å²) in [6.45, 7) is 2.46. The molecule has 0 aromatic carbocycles. The molecular weight excluding hydrogens is 154 g/mol. The Morgan fingerprint density at radius 1 is 1.50 bits per heavy atom. The lowest BCUT2D eigenvalue weighted by Gasteiger charge is -2.23. The molecule has 0 bridgehead atoms. The van der Waals surface area contributed by atoms with Crippen LogP contribution in [0.5, 0.6) is 0 Å². The Balaban J connectivity index is 2.15. The molecule has 1 fully saturated rings. The van der Waals surface area contributed by atoms with Gasteiger partial charge in [-0.05, 0) is 33.0 Å². The van der Waals surface area contributed by atoms with Gasteiger partial charge in [0.1, 0.15) is 0 Å². The van der Waals surface area contributed by atoms with E-state index in [0.717, 1.165) is 25.9 Å². The second-order valence-corrected chi connectivity index (χ2v) is 3.12. The smallest absolute Gasteiger partial charge is 0.234 e. The number of rotatable bonds is 3. The van der Waals surface area contributed by atoms with Crippen molar-refractivity contribution in [3.63, 3.8) is 0 Å². The first-order chi connectivity index (χ1) is 5.83. The van der Waals surface area contributed by atoms with E-state index < -0.39 is 0 Å². The number of amides is 1. The standard InChI is InChI=1S/C8H17N3O/c1-9-6-8(12)11-7-2-4-10-5-3-7/h7,9-10H,2-6H2,1H3,(H,11,12). The van der Waals surface area contributed by atoms with Crippen LogP contribution in [0.4, 0.5) is 0 Å². The van der Waals surface area contributed by atoms with Gasteiger partial charge in [0, 0.05) is 6.04 Å². The van der Waals surface area contributed by atoms with Crippen molar-refractivity contribution in [2.45, 2.75) is 18.9 Å². The molecule has 3 N–H and O–H groups in total. The summed E-state index contributed by atoms with van der Waals surface area (Å²) < 4.78 is 0. The molecule has 1 amide bonds. The van der Waals surface area contributed by atoms with Crippen LogP contribution in [0.25, 0.3) is 0 Å². The van der Waals surface area contributed by atoms with Crippen LogP contribution in [0.2, 0.25) is 0 Å². The van der Waals surface area contributed by atoms with Gasteiger partial charge in [0.15, 0.2) is 0 Å². The number of carbonyl (C=O) groups is 1. The van der Waals surface area contributed by atoms with E-state index in [1.165, 1.54) is 0 Å². The van der Waals surface area contributed by atoms with Gasteiger partial charge in [0.05, 0.1) is 6.54 Å². The van der Waals surface area contributed by atoms with Crippen LogP contribution in [-0.4, -0.2) is 38.6 Å². The maximum absolute atomic E-state index is 11.1. The van der Waals surface area contributed by atoms with E-state index in [1.54, 1.807) is 7.05 Å². The van der Waals surface area contributed by atoms with Gasteiger partial charge in [0.2, 0.25) is 5.91 Å². The second-order valence-electron chi connectivity index (χ2n) is 3.12. The summed E-state index contributed by atoms with van der Waals surface area (Å²) >= 11 is 0. The normalized spacial score (nSPS) is 19.1. The Morgan fingerprint density at radius 3 is 2.75 bits per heavy atom. The van der Waals surface area contributed by atoms with Crippen LogP contribution < -0.4 is 16.0 Å².